The first-order chi connectivity index (χ1) is 16.5. The normalized spacial score (nSPS) is 15.0. The average molecular weight is 523 g/mol. The first-order valence-electron chi connectivity index (χ1n) is 11.1. The highest BCUT2D eigenvalue weighted by Crippen LogP contribution is 2.28. The molecule has 13 heteroatoms. The smallest absolute Gasteiger partial charge is 0.294 e. The summed E-state index contributed by atoms with van der Waals surface area (Å²) in [6.45, 7) is 4.45. The zero-order valence-corrected chi connectivity index (χ0v) is 20.7. The largest absolute Gasteiger partial charge is 0.378 e. The molecule has 0 unspecified atom stereocenters. The second kappa shape index (κ2) is 10.1. The van der Waals surface area contributed by atoms with Crippen LogP contribution in [0.25, 0.3) is 10.8 Å². The van der Waals surface area contributed by atoms with E-state index in [4.69, 9.17) is 4.74 Å². The van der Waals surface area contributed by atoms with Crippen molar-refractivity contribution < 1.29 is 30.7 Å². The lowest BCUT2D eigenvalue weighted by atomic mass is 10.0. The van der Waals surface area contributed by atoms with Crippen LogP contribution in [0.2, 0.25) is 0 Å². The maximum atomic E-state index is 11.9. The van der Waals surface area contributed by atoms with E-state index in [2.05, 4.69) is 21.9 Å². The Kier molecular flexibility index (Phi) is 7.33. The zero-order valence-electron chi connectivity index (χ0n) is 19.1. The molecule has 4 rings (SSSR count). The van der Waals surface area contributed by atoms with Gasteiger partial charge in [0.25, 0.3) is 20.2 Å². The van der Waals surface area contributed by atoms with Crippen molar-refractivity contribution in [1.29, 1.82) is 0 Å². The summed E-state index contributed by atoms with van der Waals surface area (Å²) in [6, 6.07) is 6.33. The topological polar surface area (TPSA) is 160 Å². The molecule has 0 aliphatic carbocycles. The van der Waals surface area contributed by atoms with Crippen LogP contribution >= 0.6 is 0 Å². The summed E-state index contributed by atoms with van der Waals surface area (Å²) in [7, 11) is -9.10. The average Bonchev–Trinajstić information content (AvgIpc) is 2.81. The number of fused-ring (bicyclic) bond motifs is 1. The summed E-state index contributed by atoms with van der Waals surface area (Å²) < 4.78 is 71.5. The summed E-state index contributed by atoms with van der Waals surface area (Å²) in [5.74, 6) is 1.57. The van der Waals surface area contributed by atoms with Crippen LogP contribution in [0.1, 0.15) is 37.0 Å². The van der Waals surface area contributed by atoms with Gasteiger partial charge in [0.15, 0.2) is 0 Å². The van der Waals surface area contributed by atoms with Gasteiger partial charge >= 0.3 is 0 Å². The first-order valence-corrected chi connectivity index (χ1v) is 14.0. The molecule has 0 bridgehead atoms. The number of hydrogen-bond donors (Lipinski definition) is 2. The van der Waals surface area contributed by atoms with Crippen molar-refractivity contribution in [2.75, 3.05) is 31.2 Å². The molecule has 2 aromatic carbocycles. The fraction of sp³-hybridized carbons (Fsp3) is 0.409. The van der Waals surface area contributed by atoms with E-state index in [-0.39, 0.29) is 16.7 Å². The lowest BCUT2D eigenvalue weighted by Gasteiger charge is -2.27. The van der Waals surface area contributed by atoms with Crippen molar-refractivity contribution >= 4 is 37.0 Å². The number of morpholine rings is 1. The maximum Gasteiger partial charge on any atom is 0.294 e. The Hall–Kier alpha value is -2.71. The Labute approximate surface area is 203 Å². The molecule has 2 heterocycles. The highest BCUT2D eigenvalue weighted by atomic mass is 32.2. The molecule has 1 aliphatic heterocycles. The summed E-state index contributed by atoms with van der Waals surface area (Å²) in [4.78, 5) is 15.0. The van der Waals surface area contributed by atoms with Gasteiger partial charge in [-0.2, -0.15) is 26.8 Å². The van der Waals surface area contributed by atoms with E-state index in [1.165, 1.54) is 18.2 Å². The van der Waals surface area contributed by atoms with Gasteiger partial charge in [-0.25, -0.2) is 4.98 Å². The molecule has 0 atom stereocenters. The quantitative estimate of drug-likeness (QED) is 0.418. The lowest BCUT2D eigenvalue weighted by Crippen LogP contribution is -2.37. The van der Waals surface area contributed by atoms with Crippen LogP contribution < -0.4 is 4.90 Å². The van der Waals surface area contributed by atoms with Crippen LogP contribution in [-0.4, -0.2) is 67.2 Å². The molecule has 1 fully saturated rings. The minimum Gasteiger partial charge on any atom is -0.378 e. The van der Waals surface area contributed by atoms with Crippen molar-refractivity contribution in [3.05, 3.63) is 47.5 Å². The number of benzene rings is 2. The predicted molar refractivity (Wildman–Crippen MR) is 128 cm³/mol. The van der Waals surface area contributed by atoms with Gasteiger partial charge in [0, 0.05) is 25.9 Å². The molecular weight excluding hydrogens is 496 g/mol. The molecule has 1 saturated heterocycles. The molecule has 2 N–H and O–H groups in total. The number of rotatable bonds is 8. The van der Waals surface area contributed by atoms with E-state index in [0.717, 1.165) is 25.0 Å². The van der Waals surface area contributed by atoms with Gasteiger partial charge < -0.3 is 9.64 Å². The minimum atomic E-state index is -4.59. The summed E-state index contributed by atoms with van der Waals surface area (Å²) in [5, 5.41) is 0.757. The summed E-state index contributed by atoms with van der Waals surface area (Å²) in [6.07, 6.45) is 2.63. The molecule has 0 amide bonds. The number of anilines is 1. The second-order valence-corrected chi connectivity index (χ2v) is 11.1. The van der Waals surface area contributed by atoms with Crippen molar-refractivity contribution in [3.8, 4) is 0 Å². The van der Waals surface area contributed by atoms with Crippen LogP contribution in [0.3, 0.4) is 0 Å². The molecule has 35 heavy (non-hydrogen) atoms. The van der Waals surface area contributed by atoms with Crippen LogP contribution in [0.5, 0.6) is 0 Å². The van der Waals surface area contributed by atoms with Crippen LogP contribution in [-0.2, 0) is 37.8 Å². The number of nitrogens with zero attached hydrogens (tertiary/aromatic N) is 4. The standard InChI is InChI=1S/C22H26N4O7S2/c1-2-3-4-20-23-21(25-22(24-20)26-7-9-33-10-8-26)14-16-13-18(35(30,31)32)12-15-11-17(34(27,28)29)5-6-19(15)16/h5-6,11-13H,2-4,7-10,14H2,1H3,(H,27,28,29)(H,30,31,32). The molecular formula is C22H26N4O7S2. The van der Waals surface area contributed by atoms with E-state index < -0.39 is 25.1 Å². The number of aromatic nitrogens is 3. The summed E-state index contributed by atoms with van der Waals surface area (Å²) >= 11 is 0. The Morgan fingerprint density at radius 3 is 2.23 bits per heavy atom. The predicted octanol–water partition coefficient (Wildman–Crippen LogP) is 2.29. The molecule has 3 aromatic rings. The Morgan fingerprint density at radius 1 is 0.914 bits per heavy atom. The highest BCUT2D eigenvalue weighted by molar-refractivity contribution is 7.86. The van der Waals surface area contributed by atoms with Crippen LogP contribution in [0.15, 0.2) is 40.1 Å². The Balaban J connectivity index is 1.82. The van der Waals surface area contributed by atoms with Gasteiger partial charge in [0.1, 0.15) is 11.6 Å². The third kappa shape index (κ3) is 6.11. The van der Waals surface area contributed by atoms with E-state index >= 15 is 0 Å². The van der Waals surface area contributed by atoms with E-state index in [1.807, 2.05) is 4.90 Å². The lowest BCUT2D eigenvalue weighted by molar-refractivity contribution is 0.122. The van der Waals surface area contributed by atoms with Crippen molar-refractivity contribution in [1.82, 2.24) is 15.0 Å². The third-order valence-electron chi connectivity index (χ3n) is 5.69. The molecule has 1 aromatic heterocycles. The Bertz CT molecular complexity index is 1450. The van der Waals surface area contributed by atoms with Crippen LogP contribution in [0, 0.1) is 0 Å². The third-order valence-corrected chi connectivity index (χ3v) is 7.37. The van der Waals surface area contributed by atoms with Gasteiger partial charge in [0.2, 0.25) is 5.95 Å². The molecule has 0 radical (unpaired) electrons. The second-order valence-electron chi connectivity index (χ2n) is 8.26. The van der Waals surface area contributed by atoms with Gasteiger partial charge in [-0.05, 0) is 47.0 Å². The van der Waals surface area contributed by atoms with Crippen LogP contribution in [0.4, 0.5) is 5.95 Å². The van der Waals surface area contributed by atoms with Gasteiger partial charge in [-0.1, -0.05) is 19.4 Å². The maximum absolute atomic E-state index is 11.9. The summed E-state index contributed by atoms with van der Waals surface area (Å²) in [5.41, 5.74) is 0.470. The van der Waals surface area contributed by atoms with Gasteiger partial charge in [-0.3, -0.25) is 9.11 Å². The monoisotopic (exact) mass is 522 g/mol. The fourth-order valence-corrected chi connectivity index (χ4v) is 4.99. The molecule has 0 saturated carbocycles. The molecule has 188 valence electrons. The van der Waals surface area contributed by atoms with E-state index in [9.17, 15) is 25.9 Å². The fourth-order valence-electron chi connectivity index (χ4n) is 3.91. The van der Waals surface area contributed by atoms with E-state index in [0.29, 0.717) is 61.3 Å². The molecule has 0 spiro atoms. The SMILES string of the molecule is CCCCc1nc(Cc2cc(S(=O)(=O)O)cc3cc(S(=O)(=O)O)ccc23)nc(N2CCOCC2)n1. The number of unbranched alkanes of at least 4 members (excludes halogenated alkanes) is 1. The number of ether oxygens (including phenoxy) is 1. The van der Waals surface area contributed by atoms with Crippen molar-refractivity contribution in [3.63, 3.8) is 0 Å². The van der Waals surface area contributed by atoms with Gasteiger partial charge in [0.05, 0.1) is 23.0 Å². The number of hydrogen-bond acceptors (Lipinski definition) is 9. The molecule has 11 nitrogen and oxygen atoms in total. The highest BCUT2D eigenvalue weighted by Gasteiger charge is 2.20. The minimum absolute atomic E-state index is 0.115. The first kappa shape index (κ1) is 25.4. The van der Waals surface area contributed by atoms with Gasteiger partial charge in [-0.15, -0.1) is 0 Å². The van der Waals surface area contributed by atoms with Crippen molar-refractivity contribution in [2.24, 2.45) is 0 Å². The molecule has 1 aliphatic rings. The van der Waals surface area contributed by atoms with E-state index in [1.54, 1.807) is 0 Å². The number of aryl methyl sites for hydroxylation is 1. The Morgan fingerprint density at radius 2 is 1.57 bits per heavy atom. The zero-order chi connectivity index (χ0) is 25.2. The van der Waals surface area contributed by atoms with Crippen molar-refractivity contribution in [2.45, 2.75) is 42.4 Å².